The summed E-state index contributed by atoms with van der Waals surface area (Å²) in [6, 6.07) is 13.7. The van der Waals surface area contributed by atoms with Gasteiger partial charge in [0.15, 0.2) is 6.10 Å². The largest absolute Gasteiger partial charge is 0.497 e. The molecule has 0 spiro atoms. The number of benzene rings is 2. The number of hydrazine groups is 1. The van der Waals surface area contributed by atoms with E-state index in [1.54, 1.807) is 62.6 Å². The van der Waals surface area contributed by atoms with Crippen LogP contribution in [0.5, 0.6) is 17.2 Å². The first-order valence-electron chi connectivity index (χ1n) is 10.2. The lowest BCUT2D eigenvalue weighted by atomic mass is 10.2. The van der Waals surface area contributed by atoms with Gasteiger partial charge in [0, 0.05) is 5.56 Å². The van der Waals surface area contributed by atoms with Crippen molar-refractivity contribution in [3.8, 4) is 17.2 Å². The molecule has 0 aromatic heterocycles. The van der Waals surface area contributed by atoms with E-state index in [1.807, 2.05) is 0 Å². The minimum atomic E-state index is -0.790. The molecule has 1 unspecified atom stereocenters. The van der Waals surface area contributed by atoms with E-state index in [1.165, 1.54) is 12.8 Å². The molecule has 0 heterocycles. The van der Waals surface area contributed by atoms with Gasteiger partial charge in [0.05, 0.1) is 13.7 Å². The van der Waals surface area contributed by atoms with E-state index in [-0.39, 0.29) is 0 Å². The van der Waals surface area contributed by atoms with Gasteiger partial charge in [-0.2, -0.15) is 0 Å². The lowest BCUT2D eigenvalue weighted by Crippen LogP contribution is -2.47. The zero-order valence-corrected chi connectivity index (χ0v) is 17.8. The topological polar surface area (TPSA) is 85.9 Å². The number of carbonyl (C=O) groups excluding carboxylic acids is 2. The molecule has 0 saturated carbocycles. The van der Waals surface area contributed by atoms with Crippen molar-refractivity contribution in [1.29, 1.82) is 0 Å². The lowest BCUT2D eigenvalue weighted by molar-refractivity contribution is -0.128. The van der Waals surface area contributed by atoms with Crippen LogP contribution in [0.4, 0.5) is 0 Å². The molecule has 0 aliphatic rings. The van der Waals surface area contributed by atoms with E-state index in [0.717, 1.165) is 12.8 Å². The van der Waals surface area contributed by atoms with Crippen molar-refractivity contribution < 1.29 is 23.8 Å². The van der Waals surface area contributed by atoms with E-state index in [2.05, 4.69) is 17.8 Å². The van der Waals surface area contributed by atoms with E-state index < -0.39 is 17.9 Å². The van der Waals surface area contributed by atoms with Crippen LogP contribution in [0, 0.1) is 0 Å². The molecular weight excluding hydrogens is 384 g/mol. The number of nitrogens with one attached hydrogen (secondary N) is 2. The van der Waals surface area contributed by atoms with Gasteiger partial charge in [-0.3, -0.25) is 20.4 Å². The van der Waals surface area contributed by atoms with Crippen LogP contribution in [0.1, 0.15) is 49.9 Å². The van der Waals surface area contributed by atoms with E-state index in [9.17, 15) is 9.59 Å². The van der Waals surface area contributed by atoms with Crippen molar-refractivity contribution >= 4 is 11.8 Å². The van der Waals surface area contributed by atoms with Crippen LogP contribution in [-0.2, 0) is 4.79 Å². The first-order valence-corrected chi connectivity index (χ1v) is 10.2. The highest BCUT2D eigenvalue weighted by Gasteiger charge is 2.16. The molecule has 30 heavy (non-hydrogen) atoms. The highest BCUT2D eigenvalue weighted by molar-refractivity contribution is 5.95. The third-order valence-electron chi connectivity index (χ3n) is 4.42. The number of carbonyl (C=O) groups is 2. The first kappa shape index (κ1) is 23.1. The molecule has 0 aliphatic heterocycles. The highest BCUT2D eigenvalue weighted by Crippen LogP contribution is 2.18. The second kappa shape index (κ2) is 12.4. The van der Waals surface area contributed by atoms with Crippen LogP contribution in [0.3, 0.4) is 0 Å². The number of hydrogen-bond donors (Lipinski definition) is 2. The van der Waals surface area contributed by atoms with Gasteiger partial charge in [0.25, 0.3) is 11.8 Å². The van der Waals surface area contributed by atoms with Crippen molar-refractivity contribution in [1.82, 2.24) is 10.9 Å². The zero-order valence-electron chi connectivity index (χ0n) is 17.8. The van der Waals surface area contributed by atoms with Crippen LogP contribution >= 0.6 is 0 Å². The Labute approximate surface area is 177 Å². The molecule has 162 valence electrons. The van der Waals surface area contributed by atoms with Gasteiger partial charge in [-0.25, -0.2) is 0 Å². The van der Waals surface area contributed by atoms with Crippen LogP contribution in [0.25, 0.3) is 0 Å². The lowest BCUT2D eigenvalue weighted by Gasteiger charge is -2.15. The highest BCUT2D eigenvalue weighted by atomic mass is 16.5. The zero-order chi connectivity index (χ0) is 21.8. The van der Waals surface area contributed by atoms with Crippen molar-refractivity contribution in [3.05, 3.63) is 54.1 Å². The quantitative estimate of drug-likeness (QED) is 0.430. The number of hydrogen-bond acceptors (Lipinski definition) is 5. The summed E-state index contributed by atoms with van der Waals surface area (Å²) in [5.41, 5.74) is 5.18. The summed E-state index contributed by atoms with van der Waals surface area (Å²) in [5, 5.41) is 0. The van der Waals surface area contributed by atoms with Gasteiger partial charge in [-0.15, -0.1) is 0 Å². The molecule has 7 nitrogen and oxygen atoms in total. The molecule has 2 amide bonds. The molecule has 2 aromatic rings. The number of methoxy groups -OCH3 is 1. The molecule has 2 aromatic carbocycles. The van der Waals surface area contributed by atoms with Gasteiger partial charge < -0.3 is 14.2 Å². The smallest absolute Gasteiger partial charge is 0.279 e. The number of amides is 2. The summed E-state index contributed by atoms with van der Waals surface area (Å²) in [6.45, 7) is 4.42. The Kier molecular flexibility index (Phi) is 9.51. The van der Waals surface area contributed by atoms with Crippen molar-refractivity contribution in [3.63, 3.8) is 0 Å². The predicted octanol–water partition coefficient (Wildman–Crippen LogP) is 3.88. The first-order chi connectivity index (χ1) is 14.5. The van der Waals surface area contributed by atoms with Crippen LogP contribution in [-0.4, -0.2) is 31.6 Å². The molecule has 1 atom stereocenters. The number of ether oxygens (including phenoxy) is 3. The summed E-state index contributed by atoms with van der Waals surface area (Å²) in [6.07, 6.45) is 3.77. The normalized spacial score (nSPS) is 11.3. The van der Waals surface area contributed by atoms with Gasteiger partial charge in [0.2, 0.25) is 0 Å². The Morgan fingerprint density at radius 1 is 0.867 bits per heavy atom. The minimum absolute atomic E-state index is 0.414. The van der Waals surface area contributed by atoms with Crippen molar-refractivity contribution in [2.45, 2.75) is 45.6 Å². The summed E-state index contributed by atoms with van der Waals surface area (Å²) in [7, 11) is 1.57. The Hall–Kier alpha value is -3.22. The summed E-state index contributed by atoms with van der Waals surface area (Å²) < 4.78 is 16.3. The predicted molar refractivity (Wildman–Crippen MR) is 115 cm³/mol. The molecule has 7 heteroatoms. The number of unbranched alkanes of at least 4 members (excludes halogenated alkanes) is 3. The van der Waals surface area contributed by atoms with Crippen molar-refractivity contribution in [2.24, 2.45) is 0 Å². The third-order valence-corrected chi connectivity index (χ3v) is 4.42. The summed E-state index contributed by atoms with van der Waals surface area (Å²) >= 11 is 0. The molecule has 2 rings (SSSR count). The van der Waals surface area contributed by atoms with Gasteiger partial charge in [-0.05, 0) is 61.9 Å². The monoisotopic (exact) mass is 414 g/mol. The average Bonchev–Trinajstić information content (AvgIpc) is 2.78. The Morgan fingerprint density at radius 2 is 1.50 bits per heavy atom. The van der Waals surface area contributed by atoms with Gasteiger partial charge in [0.1, 0.15) is 17.2 Å². The van der Waals surface area contributed by atoms with E-state index >= 15 is 0 Å². The van der Waals surface area contributed by atoms with E-state index in [4.69, 9.17) is 14.2 Å². The maximum atomic E-state index is 12.2. The average molecular weight is 415 g/mol. The Morgan fingerprint density at radius 3 is 2.13 bits per heavy atom. The van der Waals surface area contributed by atoms with Crippen molar-refractivity contribution in [2.75, 3.05) is 13.7 Å². The fourth-order valence-electron chi connectivity index (χ4n) is 2.63. The molecule has 0 saturated heterocycles. The summed E-state index contributed by atoms with van der Waals surface area (Å²) in [5.74, 6) is 1.05. The standard InChI is InChI=1S/C23H30N2O5/c1-4-5-6-7-16-29-20-10-8-18(9-11-20)23(27)25-24-22(26)17(2)30-21-14-12-19(28-3)13-15-21/h8-15,17H,4-7,16H2,1-3H3,(H,24,26)(H,25,27). The minimum Gasteiger partial charge on any atom is -0.497 e. The summed E-state index contributed by atoms with van der Waals surface area (Å²) in [4.78, 5) is 24.4. The van der Waals surface area contributed by atoms with Gasteiger partial charge >= 0.3 is 0 Å². The molecule has 0 bridgehead atoms. The molecule has 0 fully saturated rings. The van der Waals surface area contributed by atoms with E-state index in [0.29, 0.717) is 29.4 Å². The van der Waals surface area contributed by atoms with Gasteiger partial charge in [-0.1, -0.05) is 26.2 Å². The van der Waals surface area contributed by atoms with Crippen LogP contribution in [0.2, 0.25) is 0 Å². The maximum Gasteiger partial charge on any atom is 0.279 e. The fourth-order valence-corrected chi connectivity index (χ4v) is 2.63. The molecule has 0 radical (unpaired) electrons. The molecule has 2 N–H and O–H groups in total. The number of rotatable bonds is 11. The molecule has 0 aliphatic carbocycles. The molecular formula is C23H30N2O5. The third kappa shape index (κ3) is 7.66. The Bertz CT molecular complexity index is 790. The fraction of sp³-hybridized carbons (Fsp3) is 0.391. The Balaban J connectivity index is 1.74. The SMILES string of the molecule is CCCCCCOc1ccc(C(=O)NNC(=O)C(C)Oc2ccc(OC)cc2)cc1. The maximum absolute atomic E-state index is 12.2. The second-order valence-corrected chi connectivity index (χ2v) is 6.81. The van der Waals surface area contributed by atoms with Crippen LogP contribution in [0.15, 0.2) is 48.5 Å². The second-order valence-electron chi connectivity index (χ2n) is 6.81. The van der Waals surface area contributed by atoms with Crippen LogP contribution < -0.4 is 25.1 Å².